The minimum absolute atomic E-state index is 0.183. The molecular weight excluding hydrogens is 713 g/mol. The van der Waals surface area contributed by atoms with Gasteiger partial charge in [0.2, 0.25) is 0 Å². The molecule has 0 fully saturated rings. The molecule has 0 saturated heterocycles. The van der Waals surface area contributed by atoms with Crippen LogP contribution in [-0.4, -0.2) is 51.7 Å². The third-order valence-electron chi connectivity index (χ3n) is 10.4. The van der Waals surface area contributed by atoms with Crippen LogP contribution in [0.1, 0.15) is 75.1 Å². The molecule has 3 aliphatic rings. The minimum Gasteiger partial charge on any atom is -0.478 e. The SMILES string of the molecule is O=Cc1ccc(/C2=C3\C=CC(=N3)/C(c3ccc(C=O)cc3)=c3/cc/c([nH]3)=C(\c3ccc(C(=O)O)cc3)C3C=C/C(=C(\c4ccc(C=O)cc4)c4ccc2[nH]4)N3)cc1. The first-order valence-electron chi connectivity index (χ1n) is 18.2. The summed E-state index contributed by atoms with van der Waals surface area (Å²) >= 11 is 0. The zero-order valence-corrected chi connectivity index (χ0v) is 30.2. The number of carboxylic acid groups (broad SMARTS) is 1. The number of nitrogens with zero attached hydrogens (tertiary/aromatic N) is 1. The first kappa shape index (κ1) is 34.8. The van der Waals surface area contributed by atoms with Crippen molar-refractivity contribution in [1.29, 1.82) is 0 Å². The van der Waals surface area contributed by atoms with Gasteiger partial charge in [0.25, 0.3) is 0 Å². The molecule has 8 bridgehead atoms. The molecule has 1 unspecified atom stereocenters. The van der Waals surface area contributed by atoms with Crippen LogP contribution in [-0.2, 0) is 0 Å². The summed E-state index contributed by atoms with van der Waals surface area (Å²) in [5.41, 5.74) is 12.5. The molecule has 274 valence electrons. The van der Waals surface area contributed by atoms with E-state index in [1.165, 1.54) is 0 Å². The molecule has 0 aliphatic carbocycles. The molecule has 5 heterocycles. The van der Waals surface area contributed by atoms with E-state index >= 15 is 0 Å². The van der Waals surface area contributed by atoms with E-state index < -0.39 is 5.97 Å². The molecule has 9 heteroatoms. The smallest absolute Gasteiger partial charge is 0.335 e. The molecule has 0 saturated carbocycles. The summed E-state index contributed by atoms with van der Waals surface area (Å²) in [6, 6.07) is 36.7. The Labute approximate surface area is 326 Å². The highest BCUT2D eigenvalue weighted by Crippen LogP contribution is 2.36. The summed E-state index contributed by atoms with van der Waals surface area (Å²) in [5.74, 6) is -1.01. The van der Waals surface area contributed by atoms with Crippen LogP contribution in [0.5, 0.6) is 0 Å². The number of carboxylic acids is 1. The topological polar surface area (TPSA) is 144 Å². The Morgan fingerprint density at radius 2 is 1.07 bits per heavy atom. The fourth-order valence-electron chi connectivity index (χ4n) is 7.62. The zero-order valence-electron chi connectivity index (χ0n) is 30.2. The number of aldehydes is 3. The van der Waals surface area contributed by atoms with Gasteiger partial charge in [-0.3, -0.25) is 14.4 Å². The number of aromatic amines is 2. The molecule has 9 rings (SSSR count). The number of aromatic carboxylic acids is 1. The van der Waals surface area contributed by atoms with Gasteiger partial charge in [0.1, 0.15) is 18.9 Å². The van der Waals surface area contributed by atoms with E-state index in [0.717, 1.165) is 91.2 Å². The van der Waals surface area contributed by atoms with Gasteiger partial charge in [0, 0.05) is 66.8 Å². The monoisotopic (exact) mass is 744 g/mol. The van der Waals surface area contributed by atoms with Crippen LogP contribution in [0.2, 0.25) is 0 Å². The second kappa shape index (κ2) is 14.4. The Balaban J connectivity index is 1.36. The van der Waals surface area contributed by atoms with Gasteiger partial charge >= 0.3 is 5.97 Å². The second-order valence-electron chi connectivity index (χ2n) is 13.8. The molecule has 6 aromatic rings. The number of rotatable bonds is 8. The van der Waals surface area contributed by atoms with Gasteiger partial charge in [0.05, 0.1) is 23.0 Å². The largest absolute Gasteiger partial charge is 0.478 e. The van der Waals surface area contributed by atoms with Crippen molar-refractivity contribution in [2.45, 2.75) is 6.04 Å². The maximum absolute atomic E-state index is 11.8. The molecule has 1 atom stereocenters. The number of allylic oxidation sites excluding steroid dienone is 3. The molecular formula is C48H32N4O5. The van der Waals surface area contributed by atoms with Gasteiger partial charge in [-0.1, -0.05) is 91.0 Å². The second-order valence-corrected chi connectivity index (χ2v) is 13.8. The molecule has 0 spiro atoms. The lowest BCUT2D eigenvalue weighted by Crippen LogP contribution is -2.30. The van der Waals surface area contributed by atoms with Crippen LogP contribution in [0.25, 0.3) is 22.3 Å². The van der Waals surface area contributed by atoms with Crippen LogP contribution < -0.4 is 16.0 Å². The number of carbonyl (C=O) groups is 4. The zero-order chi connectivity index (χ0) is 39.0. The highest BCUT2D eigenvalue weighted by Gasteiger charge is 2.26. The Kier molecular flexibility index (Phi) is 8.79. The number of aromatic nitrogens is 2. The number of benzene rings is 4. The molecule has 4 N–H and O–H groups in total. The quantitative estimate of drug-likeness (QED) is 0.129. The summed E-state index contributed by atoms with van der Waals surface area (Å²) in [5, 5.41) is 15.0. The van der Waals surface area contributed by atoms with E-state index in [0.29, 0.717) is 28.1 Å². The van der Waals surface area contributed by atoms with Crippen molar-refractivity contribution in [2.24, 2.45) is 4.99 Å². The number of fused-ring (bicyclic) bond motifs is 7. The molecule has 0 amide bonds. The van der Waals surface area contributed by atoms with E-state index in [1.54, 1.807) is 48.5 Å². The third kappa shape index (κ3) is 6.43. The van der Waals surface area contributed by atoms with Crippen LogP contribution in [0.4, 0.5) is 0 Å². The standard InChI is InChI=1S/C48H32N4O5/c53-25-28-1-7-31(8-2-28)44-36-17-19-38(49-36)45(32-9-3-29(26-54)4-10-32)40-21-23-42(51-40)47(34-13-15-35(16-14-34)48(56)57)43-24-22-41(52-43)46(39-20-18-37(44)50-39)33-11-5-30(27-55)6-12-33/h1-27,42,49,51-52H,(H,56,57)/b44-37-,45-40-,46-41-,47-43-. The van der Waals surface area contributed by atoms with Gasteiger partial charge in [-0.15, -0.1) is 0 Å². The minimum atomic E-state index is -1.01. The molecule has 0 radical (unpaired) electrons. The van der Waals surface area contributed by atoms with Gasteiger partial charge in [-0.05, 0) is 76.9 Å². The molecule has 4 aromatic carbocycles. The van der Waals surface area contributed by atoms with Crippen LogP contribution in [0, 0.1) is 0 Å². The lowest BCUT2D eigenvalue weighted by molar-refractivity contribution is 0.0696. The van der Waals surface area contributed by atoms with Gasteiger partial charge in [-0.25, -0.2) is 9.79 Å². The van der Waals surface area contributed by atoms with Crippen molar-refractivity contribution in [3.63, 3.8) is 0 Å². The van der Waals surface area contributed by atoms with Crippen LogP contribution >= 0.6 is 0 Å². The van der Waals surface area contributed by atoms with E-state index in [2.05, 4.69) is 21.4 Å². The average molecular weight is 745 g/mol. The number of nitrogens with one attached hydrogen (secondary N) is 3. The summed E-state index contributed by atoms with van der Waals surface area (Å²) in [4.78, 5) is 59.4. The number of hydrogen-bond acceptors (Lipinski definition) is 6. The van der Waals surface area contributed by atoms with Crippen molar-refractivity contribution in [1.82, 2.24) is 15.3 Å². The van der Waals surface area contributed by atoms with Gasteiger partial charge in [-0.2, -0.15) is 0 Å². The van der Waals surface area contributed by atoms with Crippen molar-refractivity contribution in [3.8, 4) is 0 Å². The van der Waals surface area contributed by atoms with Crippen molar-refractivity contribution >= 4 is 52.8 Å². The Morgan fingerprint density at radius 3 is 1.65 bits per heavy atom. The van der Waals surface area contributed by atoms with Crippen molar-refractivity contribution in [3.05, 3.63) is 224 Å². The Bertz CT molecular complexity index is 2920. The molecule has 2 aromatic heterocycles. The maximum atomic E-state index is 11.8. The molecule has 57 heavy (non-hydrogen) atoms. The predicted molar refractivity (Wildman–Crippen MR) is 219 cm³/mol. The highest BCUT2D eigenvalue weighted by atomic mass is 16.4. The average Bonchev–Trinajstić information content (AvgIpc) is 4.10. The van der Waals surface area contributed by atoms with Crippen LogP contribution in [0.3, 0.4) is 0 Å². The fourth-order valence-corrected chi connectivity index (χ4v) is 7.62. The summed E-state index contributed by atoms with van der Waals surface area (Å²) in [6.07, 6.45) is 10.5. The number of carbonyl (C=O) groups excluding carboxylic acids is 3. The number of hydrogen-bond donors (Lipinski definition) is 4. The summed E-state index contributed by atoms with van der Waals surface area (Å²) in [6.45, 7) is 0. The highest BCUT2D eigenvalue weighted by molar-refractivity contribution is 6.30. The lowest BCUT2D eigenvalue weighted by Gasteiger charge is -2.19. The van der Waals surface area contributed by atoms with Crippen LogP contribution in [0.15, 0.2) is 162 Å². The molecule has 3 aliphatic heterocycles. The first-order chi connectivity index (χ1) is 27.9. The van der Waals surface area contributed by atoms with Gasteiger partial charge in [0.15, 0.2) is 0 Å². The number of aliphatic imine (C=N–C) groups is 1. The summed E-state index contributed by atoms with van der Waals surface area (Å²) < 4.78 is 0. The molecule has 9 nitrogen and oxygen atoms in total. The van der Waals surface area contributed by atoms with Crippen molar-refractivity contribution in [2.75, 3.05) is 0 Å². The number of H-pyrrole nitrogens is 2. The lowest BCUT2D eigenvalue weighted by atomic mass is 9.97. The Morgan fingerprint density at radius 1 is 0.544 bits per heavy atom. The predicted octanol–water partition coefficient (Wildman–Crippen LogP) is 6.65. The normalized spacial score (nSPS) is 20.2. The third-order valence-corrected chi connectivity index (χ3v) is 10.4. The van der Waals surface area contributed by atoms with Gasteiger partial charge < -0.3 is 20.4 Å². The summed E-state index contributed by atoms with van der Waals surface area (Å²) in [7, 11) is 0. The Hall–Kier alpha value is -7.91. The van der Waals surface area contributed by atoms with E-state index in [4.69, 9.17) is 4.99 Å². The van der Waals surface area contributed by atoms with E-state index in [-0.39, 0.29) is 11.6 Å². The maximum Gasteiger partial charge on any atom is 0.335 e. The first-order valence-corrected chi connectivity index (χ1v) is 18.2. The van der Waals surface area contributed by atoms with Crippen molar-refractivity contribution < 1.29 is 24.3 Å². The van der Waals surface area contributed by atoms with E-state index in [9.17, 15) is 24.3 Å². The fraction of sp³-hybridized carbons (Fsp3) is 0.0208. The van der Waals surface area contributed by atoms with E-state index in [1.807, 2.05) is 91.0 Å².